The number of likely N-dealkylation sites (tertiary alicyclic amines) is 1. The standard InChI is InChI=1S/C29H33F3N6O3/c1-41-24-12-18(29(40)36-14-19(30)13-20(33)15-36)10-21-27(24)38(16-25(31)32)28(34-21)23-11-17-4-2-5-22-26(17)37(23)8-7-35(22)6-3-9-39/h2,4-5,10-12,19-20,25,39H,3,6-9,13-16,33H2,1H3/t19-,20-/m1/s1. The highest BCUT2D eigenvalue weighted by Crippen LogP contribution is 2.39. The van der Waals surface area contributed by atoms with Crippen LogP contribution < -0.4 is 15.4 Å². The number of carbonyl (C=O) groups is 1. The second kappa shape index (κ2) is 10.9. The summed E-state index contributed by atoms with van der Waals surface area (Å²) in [5, 5.41) is 10.3. The molecule has 6 rings (SSSR count). The van der Waals surface area contributed by atoms with Crippen LogP contribution in [0.5, 0.6) is 5.75 Å². The number of methoxy groups -OCH3 is 1. The van der Waals surface area contributed by atoms with Gasteiger partial charge in [-0.1, -0.05) is 12.1 Å². The largest absolute Gasteiger partial charge is 0.494 e. The van der Waals surface area contributed by atoms with Gasteiger partial charge in [-0.05, 0) is 37.1 Å². The maximum Gasteiger partial charge on any atom is 0.256 e. The number of nitrogens with two attached hydrogens (primary N) is 1. The lowest BCUT2D eigenvalue weighted by Gasteiger charge is -2.33. The van der Waals surface area contributed by atoms with Gasteiger partial charge in [-0.15, -0.1) is 0 Å². The summed E-state index contributed by atoms with van der Waals surface area (Å²) in [6.07, 6.45) is -3.04. The van der Waals surface area contributed by atoms with Gasteiger partial charge in [0.25, 0.3) is 12.3 Å². The second-order valence-electron chi connectivity index (χ2n) is 10.7. The zero-order valence-corrected chi connectivity index (χ0v) is 22.8. The minimum atomic E-state index is -2.66. The molecule has 2 aromatic heterocycles. The number of alkyl halides is 3. The summed E-state index contributed by atoms with van der Waals surface area (Å²) in [4.78, 5) is 21.8. The zero-order valence-electron chi connectivity index (χ0n) is 22.8. The van der Waals surface area contributed by atoms with Crippen LogP contribution in [-0.4, -0.2) is 88.6 Å². The molecule has 218 valence electrons. The van der Waals surface area contributed by atoms with Crippen LogP contribution >= 0.6 is 0 Å². The van der Waals surface area contributed by atoms with E-state index >= 15 is 0 Å². The zero-order chi connectivity index (χ0) is 28.8. The molecule has 12 heteroatoms. The highest BCUT2D eigenvalue weighted by Gasteiger charge is 2.31. The lowest BCUT2D eigenvalue weighted by molar-refractivity contribution is 0.0606. The topological polar surface area (TPSA) is 102 Å². The third-order valence-corrected chi connectivity index (χ3v) is 7.96. The van der Waals surface area contributed by atoms with Crippen molar-refractivity contribution in [3.05, 3.63) is 42.0 Å². The third-order valence-electron chi connectivity index (χ3n) is 7.96. The van der Waals surface area contributed by atoms with Crippen LogP contribution in [0.4, 0.5) is 18.9 Å². The maximum absolute atomic E-state index is 14.2. The summed E-state index contributed by atoms with van der Waals surface area (Å²) in [5.41, 5.74) is 9.56. The first-order valence-electron chi connectivity index (χ1n) is 13.8. The van der Waals surface area contributed by atoms with E-state index in [1.165, 1.54) is 22.6 Å². The molecule has 1 amide bonds. The molecule has 4 aromatic rings. The summed E-state index contributed by atoms with van der Waals surface area (Å²) < 4.78 is 51.3. The van der Waals surface area contributed by atoms with Crippen LogP contribution in [0.3, 0.4) is 0 Å². The number of ether oxygens (including phenoxy) is 1. The van der Waals surface area contributed by atoms with Crippen molar-refractivity contribution in [2.75, 3.05) is 44.8 Å². The van der Waals surface area contributed by atoms with E-state index in [9.17, 15) is 23.1 Å². The fourth-order valence-corrected chi connectivity index (χ4v) is 6.26. The van der Waals surface area contributed by atoms with Crippen molar-refractivity contribution in [3.63, 3.8) is 0 Å². The Kier molecular flexibility index (Phi) is 7.28. The number of hydrogen-bond donors (Lipinski definition) is 2. The van der Waals surface area contributed by atoms with Gasteiger partial charge >= 0.3 is 0 Å². The lowest BCUT2D eigenvalue weighted by Crippen LogP contribution is -2.50. The Bertz CT molecular complexity index is 1590. The fraction of sp³-hybridized carbons (Fsp3) is 0.448. The molecule has 2 atom stereocenters. The highest BCUT2D eigenvalue weighted by molar-refractivity contribution is 6.01. The van der Waals surface area contributed by atoms with E-state index in [4.69, 9.17) is 15.5 Å². The van der Waals surface area contributed by atoms with E-state index in [0.29, 0.717) is 48.6 Å². The molecule has 0 bridgehead atoms. The Morgan fingerprint density at radius 1 is 1.20 bits per heavy atom. The van der Waals surface area contributed by atoms with Crippen LogP contribution in [0.15, 0.2) is 36.4 Å². The number of aromatic nitrogens is 3. The first kappa shape index (κ1) is 27.4. The van der Waals surface area contributed by atoms with Gasteiger partial charge in [-0.25, -0.2) is 18.2 Å². The molecule has 0 spiro atoms. The molecule has 41 heavy (non-hydrogen) atoms. The average molecular weight is 571 g/mol. The molecule has 0 saturated carbocycles. The molecule has 0 radical (unpaired) electrons. The van der Waals surface area contributed by atoms with Crippen molar-refractivity contribution in [2.45, 2.75) is 44.6 Å². The number of imidazole rings is 1. The van der Waals surface area contributed by atoms with E-state index in [-0.39, 0.29) is 37.4 Å². The molecule has 2 aromatic carbocycles. The maximum atomic E-state index is 14.2. The SMILES string of the molecule is COc1cc(C(=O)N2C[C@H](N)C[C@@H](F)C2)cc2nc(-c3cc4cccc5c4n3CCN5CCCO)n(CC(F)F)c12. The first-order chi connectivity index (χ1) is 19.8. The van der Waals surface area contributed by atoms with Crippen molar-refractivity contribution >= 4 is 33.5 Å². The second-order valence-corrected chi connectivity index (χ2v) is 10.7. The molecule has 1 fully saturated rings. The van der Waals surface area contributed by atoms with Crippen molar-refractivity contribution in [2.24, 2.45) is 5.73 Å². The Morgan fingerprint density at radius 3 is 2.76 bits per heavy atom. The van der Waals surface area contributed by atoms with Gasteiger partial charge < -0.3 is 34.5 Å². The van der Waals surface area contributed by atoms with Gasteiger partial charge in [0.1, 0.15) is 17.4 Å². The van der Waals surface area contributed by atoms with Gasteiger partial charge in [0.15, 0.2) is 5.82 Å². The Hall–Kier alpha value is -3.77. The normalized spacial score (nSPS) is 19.1. The minimum Gasteiger partial charge on any atom is -0.494 e. The Morgan fingerprint density at radius 2 is 2.02 bits per heavy atom. The number of anilines is 1. The Balaban J connectivity index is 1.50. The minimum absolute atomic E-state index is 0.0598. The van der Waals surface area contributed by atoms with Crippen molar-refractivity contribution in [1.29, 1.82) is 0 Å². The summed E-state index contributed by atoms with van der Waals surface area (Å²) in [6.45, 7) is 1.66. The van der Waals surface area contributed by atoms with Crippen LogP contribution in [0, 0.1) is 0 Å². The van der Waals surface area contributed by atoms with Crippen LogP contribution in [0.2, 0.25) is 0 Å². The fourth-order valence-electron chi connectivity index (χ4n) is 6.26. The predicted octanol–water partition coefficient (Wildman–Crippen LogP) is 3.65. The molecule has 4 heterocycles. The number of fused-ring (bicyclic) bond motifs is 1. The number of nitrogens with zero attached hydrogens (tertiary/aromatic N) is 5. The predicted molar refractivity (Wildman–Crippen MR) is 151 cm³/mol. The van der Waals surface area contributed by atoms with E-state index in [1.807, 2.05) is 24.3 Å². The van der Waals surface area contributed by atoms with Gasteiger partial charge in [-0.2, -0.15) is 0 Å². The van der Waals surface area contributed by atoms with Gasteiger partial charge in [-0.3, -0.25) is 4.79 Å². The number of piperidine rings is 1. The van der Waals surface area contributed by atoms with E-state index in [1.54, 1.807) is 6.07 Å². The van der Waals surface area contributed by atoms with E-state index in [2.05, 4.69) is 9.47 Å². The number of halogens is 3. The molecular formula is C29H33F3N6O3. The van der Waals surface area contributed by atoms with E-state index in [0.717, 1.165) is 16.6 Å². The molecule has 3 N–H and O–H groups in total. The molecular weight excluding hydrogens is 537 g/mol. The van der Waals surface area contributed by atoms with Crippen molar-refractivity contribution in [1.82, 2.24) is 19.0 Å². The van der Waals surface area contributed by atoms with Crippen molar-refractivity contribution < 1.29 is 27.8 Å². The van der Waals surface area contributed by atoms with E-state index < -0.39 is 31.1 Å². The monoisotopic (exact) mass is 570 g/mol. The third kappa shape index (κ3) is 4.88. The number of rotatable bonds is 8. The summed E-state index contributed by atoms with van der Waals surface area (Å²) in [6, 6.07) is 10.5. The lowest BCUT2D eigenvalue weighted by atomic mass is 10.0. The van der Waals surface area contributed by atoms with Gasteiger partial charge in [0, 0.05) is 49.8 Å². The van der Waals surface area contributed by atoms with Gasteiger partial charge in [0.05, 0.1) is 42.6 Å². The van der Waals surface area contributed by atoms with Crippen LogP contribution in [0.25, 0.3) is 33.5 Å². The summed E-state index contributed by atoms with van der Waals surface area (Å²) in [5.74, 6) is 0.163. The smallest absolute Gasteiger partial charge is 0.256 e. The van der Waals surface area contributed by atoms with Crippen LogP contribution in [-0.2, 0) is 13.1 Å². The number of carbonyl (C=O) groups excluding carboxylic acids is 1. The number of amides is 1. The number of para-hydroxylation sites is 1. The average Bonchev–Trinajstić information content (AvgIpc) is 3.50. The molecule has 2 aliphatic heterocycles. The number of benzene rings is 2. The number of aliphatic hydroxyl groups is 1. The summed E-state index contributed by atoms with van der Waals surface area (Å²) in [7, 11) is 1.42. The molecule has 0 unspecified atom stereocenters. The molecule has 0 aliphatic carbocycles. The molecule has 1 saturated heterocycles. The van der Waals surface area contributed by atoms with Crippen LogP contribution in [0.1, 0.15) is 23.2 Å². The quantitative estimate of drug-likeness (QED) is 0.336. The summed E-state index contributed by atoms with van der Waals surface area (Å²) >= 11 is 0. The van der Waals surface area contributed by atoms with Gasteiger partial charge in [0.2, 0.25) is 0 Å². The number of aliphatic hydroxyl groups excluding tert-OH is 1. The molecule has 9 nitrogen and oxygen atoms in total. The number of hydrogen-bond acceptors (Lipinski definition) is 6. The highest BCUT2D eigenvalue weighted by atomic mass is 19.3. The Labute approximate surface area is 234 Å². The first-order valence-corrected chi connectivity index (χ1v) is 13.8. The van der Waals surface area contributed by atoms with Crippen molar-refractivity contribution in [3.8, 4) is 17.3 Å². The molecule has 2 aliphatic rings.